The van der Waals surface area contributed by atoms with Crippen LogP contribution in [0.3, 0.4) is 0 Å². The average Bonchev–Trinajstić information content (AvgIpc) is 3.47. The van der Waals surface area contributed by atoms with Crippen molar-refractivity contribution in [3.8, 4) is 0 Å². The number of rotatable bonds is 7. The topological polar surface area (TPSA) is 80.7 Å². The fraction of sp³-hybridized carbons (Fsp3) is 0.125. The number of sulfone groups is 1. The van der Waals surface area contributed by atoms with Gasteiger partial charge in [-0.25, -0.2) is 8.42 Å². The number of amides is 1. The van der Waals surface area contributed by atoms with Crippen LogP contribution in [0.1, 0.15) is 27.4 Å². The summed E-state index contributed by atoms with van der Waals surface area (Å²) in [4.78, 5) is 14.8. The van der Waals surface area contributed by atoms with E-state index in [0.29, 0.717) is 21.4 Å². The van der Waals surface area contributed by atoms with Gasteiger partial charge in [0.25, 0.3) is 5.91 Å². The number of carbonyl (C=O) groups excluding carboxylic acids is 1. The van der Waals surface area contributed by atoms with Crippen molar-refractivity contribution in [2.24, 2.45) is 0 Å². The number of aryl methyl sites for hydroxylation is 1. The lowest BCUT2D eigenvalue weighted by atomic mass is 10.2. The van der Waals surface area contributed by atoms with Crippen LogP contribution in [-0.2, 0) is 22.9 Å². The van der Waals surface area contributed by atoms with Crippen molar-refractivity contribution in [2.75, 3.05) is 0 Å². The first-order valence-corrected chi connectivity index (χ1v) is 12.1. The van der Waals surface area contributed by atoms with Gasteiger partial charge in [0.1, 0.15) is 5.76 Å². The van der Waals surface area contributed by atoms with Gasteiger partial charge in [-0.15, -0.1) is 0 Å². The Kier molecular flexibility index (Phi) is 6.65. The number of halogens is 2. The molecule has 4 aromatic rings. The molecule has 2 heterocycles. The second-order valence-corrected chi connectivity index (χ2v) is 10.1. The highest BCUT2D eigenvalue weighted by Crippen LogP contribution is 2.27. The number of carbonyl (C=O) groups is 1. The quantitative estimate of drug-likeness (QED) is 0.301. The van der Waals surface area contributed by atoms with Crippen LogP contribution in [0.2, 0.25) is 10.0 Å². The molecule has 0 atom stereocenters. The van der Waals surface area contributed by atoms with Crippen LogP contribution >= 0.6 is 23.2 Å². The van der Waals surface area contributed by atoms with E-state index >= 15 is 0 Å². The molecule has 0 aliphatic heterocycles. The van der Waals surface area contributed by atoms with Gasteiger partial charge in [0, 0.05) is 16.6 Å². The third kappa shape index (κ3) is 5.16. The first-order chi connectivity index (χ1) is 15.7. The maximum absolute atomic E-state index is 13.3. The molecule has 0 spiro atoms. The lowest BCUT2D eigenvalue weighted by Crippen LogP contribution is -2.29. The lowest BCUT2D eigenvalue weighted by molar-refractivity contribution is 0.0679. The van der Waals surface area contributed by atoms with Crippen LogP contribution in [-0.4, -0.2) is 19.2 Å². The molecule has 33 heavy (non-hydrogen) atoms. The Morgan fingerprint density at radius 3 is 2.39 bits per heavy atom. The molecule has 0 aliphatic carbocycles. The molecule has 0 aliphatic rings. The van der Waals surface area contributed by atoms with Gasteiger partial charge in [-0.3, -0.25) is 4.79 Å². The summed E-state index contributed by atoms with van der Waals surface area (Å²) in [7, 11) is -3.91. The van der Waals surface area contributed by atoms with Crippen molar-refractivity contribution in [2.45, 2.75) is 30.0 Å². The third-order valence-corrected chi connectivity index (χ3v) is 7.21. The Morgan fingerprint density at radius 2 is 1.73 bits per heavy atom. The van der Waals surface area contributed by atoms with E-state index in [0.717, 1.165) is 5.56 Å². The largest absolute Gasteiger partial charge is 0.467 e. The second kappa shape index (κ2) is 9.47. The van der Waals surface area contributed by atoms with E-state index < -0.39 is 15.7 Å². The molecular formula is C24H19Cl2NO5S. The zero-order valence-corrected chi connectivity index (χ0v) is 19.8. The first kappa shape index (κ1) is 23.2. The number of furan rings is 2. The van der Waals surface area contributed by atoms with Gasteiger partial charge in [0.15, 0.2) is 5.76 Å². The SMILES string of the molecule is Cc1ccc(S(=O)(=O)c2ccc(C(=O)N(Cc3ccco3)Cc3ccc(Cl)cc3Cl)o2)cc1. The minimum absolute atomic E-state index is 0.0850. The smallest absolute Gasteiger partial charge is 0.290 e. The Morgan fingerprint density at radius 1 is 0.970 bits per heavy atom. The van der Waals surface area contributed by atoms with Crippen molar-refractivity contribution >= 4 is 38.9 Å². The van der Waals surface area contributed by atoms with E-state index in [9.17, 15) is 13.2 Å². The van der Waals surface area contributed by atoms with Crippen molar-refractivity contribution in [3.05, 3.63) is 106 Å². The van der Waals surface area contributed by atoms with Gasteiger partial charge < -0.3 is 13.7 Å². The van der Waals surface area contributed by atoms with Crippen LogP contribution in [0.4, 0.5) is 0 Å². The molecule has 0 saturated heterocycles. The number of hydrogen-bond donors (Lipinski definition) is 0. The summed E-state index contributed by atoms with van der Waals surface area (Å²) in [6.45, 7) is 2.13. The summed E-state index contributed by atoms with van der Waals surface area (Å²) < 4.78 is 36.7. The number of hydrogen-bond acceptors (Lipinski definition) is 5. The second-order valence-electron chi connectivity index (χ2n) is 7.41. The summed E-state index contributed by atoms with van der Waals surface area (Å²) in [6.07, 6.45) is 1.51. The molecule has 0 unspecified atom stereocenters. The highest BCUT2D eigenvalue weighted by atomic mass is 35.5. The molecule has 4 rings (SSSR count). The minimum atomic E-state index is -3.91. The fourth-order valence-electron chi connectivity index (χ4n) is 3.21. The van der Waals surface area contributed by atoms with Crippen molar-refractivity contribution in [1.29, 1.82) is 0 Å². The molecule has 170 valence electrons. The summed E-state index contributed by atoms with van der Waals surface area (Å²) in [5, 5.41) is 0.573. The zero-order valence-electron chi connectivity index (χ0n) is 17.5. The van der Waals surface area contributed by atoms with E-state index in [-0.39, 0.29) is 28.8 Å². The summed E-state index contributed by atoms with van der Waals surface area (Å²) in [5.74, 6) is -0.0763. The van der Waals surface area contributed by atoms with Crippen LogP contribution < -0.4 is 0 Å². The molecule has 0 N–H and O–H groups in total. The van der Waals surface area contributed by atoms with E-state index in [4.69, 9.17) is 32.0 Å². The van der Waals surface area contributed by atoms with Gasteiger partial charge in [-0.1, -0.05) is 47.0 Å². The highest BCUT2D eigenvalue weighted by Gasteiger charge is 2.26. The van der Waals surface area contributed by atoms with Crippen molar-refractivity contribution in [1.82, 2.24) is 4.90 Å². The molecule has 0 fully saturated rings. The van der Waals surface area contributed by atoms with Crippen molar-refractivity contribution in [3.63, 3.8) is 0 Å². The van der Waals surface area contributed by atoms with Crippen LogP contribution in [0.15, 0.2) is 91.8 Å². The monoisotopic (exact) mass is 503 g/mol. The van der Waals surface area contributed by atoms with Crippen molar-refractivity contribution < 1.29 is 22.0 Å². The molecule has 2 aromatic carbocycles. The molecule has 9 heteroatoms. The molecular weight excluding hydrogens is 485 g/mol. The van der Waals surface area contributed by atoms with Gasteiger partial charge >= 0.3 is 0 Å². The maximum Gasteiger partial charge on any atom is 0.290 e. The van der Waals surface area contributed by atoms with Crippen LogP contribution in [0, 0.1) is 6.92 Å². The third-order valence-electron chi connectivity index (χ3n) is 4.98. The Balaban J connectivity index is 1.63. The molecule has 1 amide bonds. The Hall–Kier alpha value is -3.00. The highest BCUT2D eigenvalue weighted by molar-refractivity contribution is 7.91. The average molecular weight is 504 g/mol. The van der Waals surface area contributed by atoms with Gasteiger partial charge in [-0.05, 0) is 61.0 Å². The number of nitrogens with zero attached hydrogens (tertiary/aromatic N) is 1. The van der Waals surface area contributed by atoms with Gasteiger partial charge in [0.2, 0.25) is 14.9 Å². The maximum atomic E-state index is 13.3. The van der Waals surface area contributed by atoms with E-state index in [1.807, 2.05) is 6.92 Å². The van der Waals surface area contributed by atoms with Crippen LogP contribution in [0.25, 0.3) is 0 Å². The zero-order chi connectivity index (χ0) is 23.6. The van der Waals surface area contributed by atoms with E-state index in [2.05, 4.69) is 0 Å². The van der Waals surface area contributed by atoms with Gasteiger partial charge in [-0.2, -0.15) is 0 Å². The lowest BCUT2D eigenvalue weighted by Gasteiger charge is -2.21. The summed E-state index contributed by atoms with van der Waals surface area (Å²) in [6, 6.07) is 17.5. The number of benzene rings is 2. The molecule has 0 radical (unpaired) electrons. The molecule has 2 aromatic heterocycles. The Bertz CT molecular complexity index is 1380. The Labute approximate surface area is 201 Å². The molecule has 0 bridgehead atoms. The summed E-state index contributed by atoms with van der Waals surface area (Å²) >= 11 is 12.3. The predicted octanol–water partition coefficient (Wildman–Crippen LogP) is 6.16. The van der Waals surface area contributed by atoms with Gasteiger partial charge in [0.05, 0.1) is 17.7 Å². The predicted molar refractivity (Wildman–Crippen MR) is 124 cm³/mol. The first-order valence-electron chi connectivity index (χ1n) is 9.91. The summed E-state index contributed by atoms with van der Waals surface area (Å²) in [5.41, 5.74) is 1.60. The standard InChI is InChI=1S/C24H19Cl2NO5S/c1-16-4-8-20(9-5-16)33(29,30)23-11-10-22(32-23)24(28)27(15-19-3-2-12-31-19)14-17-6-7-18(25)13-21(17)26/h2-13H,14-15H2,1H3. The van der Waals surface area contributed by atoms with E-state index in [1.54, 1.807) is 42.5 Å². The molecule has 0 saturated carbocycles. The molecule has 6 nitrogen and oxygen atoms in total. The normalized spacial score (nSPS) is 11.5. The fourth-order valence-corrected chi connectivity index (χ4v) is 4.86. The minimum Gasteiger partial charge on any atom is -0.467 e. The van der Waals surface area contributed by atoms with E-state index in [1.165, 1.54) is 35.4 Å². The van der Waals surface area contributed by atoms with Crippen LogP contribution in [0.5, 0.6) is 0 Å².